The Morgan fingerprint density at radius 1 is 1.44 bits per heavy atom. The first-order valence-electron chi connectivity index (χ1n) is 6.91. The highest BCUT2D eigenvalue weighted by Crippen LogP contribution is 2.33. The van der Waals surface area contributed by atoms with Gasteiger partial charge in [0.15, 0.2) is 0 Å². The summed E-state index contributed by atoms with van der Waals surface area (Å²) in [6.45, 7) is 6.19. The smallest absolute Gasteiger partial charge is 0.123 e. The fourth-order valence-corrected chi connectivity index (χ4v) is 2.37. The summed E-state index contributed by atoms with van der Waals surface area (Å²) < 4.78 is 13.4. The number of halogens is 1. The number of hydrogen-bond acceptors (Lipinski definition) is 2. The maximum atomic E-state index is 13.4. The van der Waals surface area contributed by atoms with E-state index < -0.39 is 0 Å². The van der Waals surface area contributed by atoms with Crippen LogP contribution in [0.5, 0.6) is 0 Å². The van der Waals surface area contributed by atoms with Gasteiger partial charge in [0.2, 0.25) is 0 Å². The first-order chi connectivity index (χ1) is 8.61. The fraction of sp³-hybridized carbons (Fsp3) is 0.600. The molecule has 3 heteroatoms. The van der Waals surface area contributed by atoms with E-state index in [1.54, 1.807) is 6.07 Å². The van der Waals surface area contributed by atoms with Crippen LogP contribution in [-0.2, 0) is 0 Å². The minimum Gasteiger partial charge on any atom is -0.371 e. The van der Waals surface area contributed by atoms with Crippen molar-refractivity contribution in [2.24, 2.45) is 11.7 Å². The molecule has 1 unspecified atom stereocenters. The van der Waals surface area contributed by atoms with Gasteiger partial charge in [0, 0.05) is 24.8 Å². The minimum absolute atomic E-state index is 0.130. The topological polar surface area (TPSA) is 29.3 Å². The monoisotopic (exact) mass is 250 g/mol. The van der Waals surface area contributed by atoms with Crippen molar-refractivity contribution < 1.29 is 4.39 Å². The first kappa shape index (κ1) is 13.3. The molecule has 1 aromatic rings. The van der Waals surface area contributed by atoms with E-state index >= 15 is 0 Å². The molecule has 0 radical (unpaired) electrons. The Balaban J connectivity index is 2.26. The summed E-state index contributed by atoms with van der Waals surface area (Å²) in [7, 11) is 0. The summed E-state index contributed by atoms with van der Waals surface area (Å²) >= 11 is 0. The van der Waals surface area contributed by atoms with E-state index in [2.05, 4.69) is 11.8 Å². The lowest BCUT2D eigenvalue weighted by molar-refractivity contribution is 0.620. The molecule has 0 aliphatic heterocycles. The van der Waals surface area contributed by atoms with E-state index in [1.807, 2.05) is 13.0 Å². The van der Waals surface area contributed by atoms with Crippen LogP contribution >= 0.6 is 0 Å². The van der Waals surface area contributed by atoms with Crippen LogP contribution in [-0.4, -0.2) is 13.1 Å². The summed E-state index contributed by atoms with van der Waals surface area (Å²) in [5.74, 6) is 0.622. The van der Waals surface area contributed by atoms with Crippen molar-refractivity contribution in [3.8, 4) is 0 Å². The van der Waals surface area contributed by atoms with Gasteiger partial charge in [0.05, 0.1) is 0 Å². The number of benzene rings is 1. The third-order valence-electron chi connectivity index (χ3n) is 3.49. The molecule has 1 fully saturated rings. The molecule has 0 heterocycles. The Bertz CT molecular complexity index is 399. The summed E-state index contributed by atoms with van der Waals surface area (Å²) in [6.07, 6.45) is 3.76. The predicted molar refractivity (Wildman–Crippen MR) is 74.2 cm³/mol. The Morgan fingerprint density at radius 2 is 2.17 bits per heavy atom. The average Bonchev–Trinajstić information content (AvgIpc) is 3.12. The zero-order chi connectivity index (χ0) is 13.1. The molecule has 1 atom stereocenters. The first-order valence-corrected chi connectivity index (χ1v) is 6.91. The fourth-order valence-electron chi connectivity index (χ4n) is 2.37. The molecule has 0 amide bonds. The van der Waals surface area contributed by atoms with Crippen LogP contribution in [0.4, 0.5) is 10.1 Å². The zero-order valence-electron chi connectivity index (χ0n) is 11.3. The quantitative estimate of drug-likeness (QED) is 0.837. The van der Waals surface area contributed by atoms with Crippen molar-refractivity contribution >= 4 is 5.69 Å². The molecule has 0 saturated heterocycles. The van der Waals surface area contributed by atoms with Gasteiger partial charge in [-0.2, -0.15) is 0 Å². The van der Waals surface area contributed by atoms with Crippen molar-refractivity contribution in [3.05, 3.63) is 29.6 Å². The molecule has 1 aliphatic carbocycles. The molecule has 1 aliphatic rings. The third kappa shape index (κ3) is 3.22. The van der Waals surface area contributed by atoms with Crippen LogP contribution < -0.4 is 10.6 Å². The lowest BCUT2D eigenvalue weighted by Crippen LogP contribution is -2.28. The summed E-state index contributed by atoms with van der Waals surface area (Å²) in [5, 5.41) is 0. The second kappa shape index (κ2) is 5.70. The number of rotatable bonds is 6. The second-order valence-corrected chi connectivity index (χ2v) is 5.38. The molecule has 2 nitrogen and oxygen atoms in total. The predicted octanol–water partition coefficient (Wildman–Crippen LogP) is 3.47. The third-order valence-corrected chi connectivity index (χ3v) is 3.49. The van der Waals surface area contributed by atoms with Gasteiger partial charge in [0.1, 0.15) is 5.82 Å². The van der Waals surface area contributed by atoms with Gasteiger partial charge in [-0.25, -0.2) is 4.39 Å². The number of hydrogen-bond donors (Lipinski definition) is 1. The van der Waals surface area contributed by atoms with Crippen LogP contribution in [0, 0.1) is 11.7 Å². The van der Waals surface area contributed by atoms with Crippen LogP contribution in [0.2, 0.25) is 0 Å². The average molecular weight is 250 g/mol. The van der Waals surface area contributed by atoms with Crippen molar-refractivity contribution in [2.45, 2.75) is 39.2 Å². The van der Waals surface area contributed by atoms with Gasteiger partial charge in [-0.1, -0.05) is 6.92 Å². The summed E-state index contributed by atoms with van der Waals surface area (Å²) in [4.78, 5) is 2.37. The van der Waals surface area contributed by atoms with Gasteiger partial charge in [-0.05, 0) is 55.9 Å². The zero-order valence-corrected chi connectivity index (χ0v) is 11.3. The Kier molecular flexibility index (Phi) is 4.23. The van der Waals surface area contributed by atoms with Crippen LogP contribution in [0.25, 0.3) is 0 Å². The highest BCUT2D eigenvalue weighted by atomic mass is 19.1. The summed E-state index contributed by atoms with van der Waals surface area (Å²) in [5.41, 5.74) is 8.00. The van der Waals surface area contributed by atoms with E-state index in [0.717, 1.165) is 36.7 Å². The number of anilines is 1. The molecule has 1 saturated carbocycles. The minimum atomic E-state index is -0.200. The van der Waals surface area contributed by atoms with Crippen molar-refractivity contribution in [1.29, 1.82) is 0 Å². The van der Waals surface area contributed by atoms with Gasteiger partial charge >= 0.3 is 0 Å². The number of nitrogens with two attached hydrogens (primary N) is 1. The molecular weight excluding hydrogens is 227 g/mol. The van der Waals surface area contributed by atoms with E-state index in [4.69, 9.17) is 5.73 Å². The van der Waals surface area contributed by atoms with E-state index in [1.165, 1.54) is 18.9 Å². The molecule has 2 rings (SSSR count). The van der Waals surface area contributed by atoms with Gasteiger partial charge in [0.25, 0.3) is 0 Å². The van der Waals surface area contributed by atoms with Gasteiger partial charge < -0.3 is 10.6 Å². The standard InChI is InChI=1S/C15H23FN2/c1-3-8-18(10-12-4-5-12)15-7-6-13(16)9-14(15)11(2)17/h6-7,9,11-12H,3-5,8,10,17H2,1-2H3. The molecule has 1 aromatic carbocycles. The Morgan fingerprint density at radius 3 is 2.72 bits per heavy atom. The van der Waals surface area contributed by atoms with Crippen LogP contribution in [0.1, 0.15) is 44.7 Å². The van der Waals surface area contributed by atoms with Gasteiger partial charge in [-0.15, -0.1) is 0 Å². The van der Waals surface area contributed by atoms with Crippen LogP contribution in [0.15, 0.2) is 18.2 Å². The Hall–Kier alpha value is -1.09. The normalized spacial score (nSPS) is 16.7. The maximum absolute atomic E-state index is 13.4. The van der Waals surface area contributed by atoms with E-state index in [9.17, 15) is 4.39 Å². The van der Waals surface area contributed by atoms with E-state index in [0.29, 0.717) is 0 Å². The molecular formula is C15H23FN2. The van der Waals surface area contributed by atoms with Gasteiger partial charge in [-0.3, -0.25) is 0 Å². The van der Waals surface area contributed by atoms with Crippen molar-refractivity contribution in [3.63, 3.8) is 0 Å². The molecule has 2 N–H and O–H groups in total. The van der Waals surface area contributed by atoms with Crippen molar-refractivity contribution in [2.75, 3.05) is 18.0 Å². The maximum Gasteiger partial charge on any atom is 0.123 e. The lowest BCUT2D eigenvalue weighted by atomic mass is 10.0. The Labute approximate surface area is 109 Å². The largest absolute Gasteiger partial charge is 0.371 e. The molecule has 0 bridgehead atoms. The molecule has 18 heavy (non-hydrogen) atoms. The second-order valence-electron chi connectivity index (χ2n) is 5.38. The highest BCUT2D eigenvalue weighted by molar-refractivity contribution is 5.55. The molecule has 0 aromatic heterocycles. The SMILES string of the molecule is CCCN(CC1CC1)c1ccc(F)cc1C(C)N. The summed E-state index contributed by atoms with van der Waals surface area (Å²) in [6, 6.07) is 4.87. The molecule has 100 valence electrons. The van der Waals surface area contributed by atoms with Crippen LogP contribution in [0.3, 0.4) is 0 Å². The number of nitrogens with zero attached hydrogens (tertiary/aromatic N) is 1. The van der Waals surface area contributed by atoms with Crippen molar-refractivity contribution in [1.82, 2.24) is 0 Å². The highest BCUT2D eigenvalue weighted by Gasteiger charge is 2.25. The van der Waals surface area contributed by atoms with E-state index in [-0.39, 0.29) is 11.9 Å². The molecule has 0 spiro atoms. The lowest BCUT2D eigenvalue weighted by Gasteiger charge is -2.28.